The van der Waals surface area contributed by atoms with E-state index in [2.05, 4.69) is 10.3 Å². The third-order valence-electron chi connectivity index (χ3n) is 2.67. The minimum Gasteiger partial charge on any atom is -0.347 e. The van der Waals surface area contributed by atoms with Crippen molar-refractivity contribution in [3.8, 4) is 0 Å². The monoisotopic (exact) mass is 236 g/mol. The topological polar surface area (TPSA) is 24.9 Å². The van der Waals surface area contributed by atoms with Crippen LogP contribution < -0.4 is 5.32 Å². The maximum absolute atomic E-state index is 12.6. The second-order valence-electron chi connectivity index (χ2n) is 3.87. The number of thiazole rings is 1. The van der Waals surface area contributed by atoms with E-state index in [1.165, 1.54) is 11.3 Å². The maximum Gasteiger partial charge on any atom is 0.411 e. The van der Waals surface area contributed by atoms with Gasteiger partial charge in [0, 0.05) is 4.88 Å². The van der Waals surface area contributed by atoms with Gasteiger partial charge >= 0.3 is 6.18 Å². The van der Waals surface area contributed by atoms with Gasteiger partial charge in [0.1, 0.15) is 5.54 Å². The molecule has 2 rings (SSSR count). The molecule has 0 amide bonds. The number of hydrogen-bond acceptors (Lipinski definition) is 3. The number of aromatic nitrogens is 1. The quantitative estimate of drug-likeness (QED) is 0.852. The number of rotatable bonds is 2. The summed E-state index contributed by atoms with van der Waals surface area (Å²) in [4.78, 5) is 5.01. The van der Waals surface area contributed by atoms with Crippen molar-refractivity contribution in [3.05, 3.63) is 10.6 Å². The van der Waals surface area contributed by atoms with Crippen molar-refractivity contribution in [1.82, 2.24) is 4.98 Å². The first-order valence-corrected chi connectivity index (χ1v) is 5.45. The van der Waals surface area contributed by atoms with E-state index < -0.39 is 11.7 Å². The van der Waals surface area contributed by atoms with Crippen LogP contribution in [0.25, 0.3) is 0 Å². The molecule has 0 aliphatic heterocycles. The molecule has 1 aromatic rings. The molecule has 0 unspecified atom stereocenters. The summed E-state index contributed by atoms with van der Waals surface area (Å²) in [5, 5.41) is 2.89. The lowest BCUT2D eigenvalue weighted by molar-refractivity contribution is -0.151. The summed E-state index contributed by atoms with van der Waals surface area (Å²) in [6, 6.07) is 0. The van der Waals surface area contributed by atoms with Crippen LogP contribution in [0.4, 0.5) is 18.3 Å². The molecule has 0 aromatic carbocycles. The summed E-state index contributed by atoms with van der Waals surface area (Å²) in [6.07, 6.45) is -3.89. The molecule has 84 valence electrons. The summed E-state index contributed by atoms with van der Waals surface area (Å²) in [6.45, 7) is 3.65. The van der Waals surface area contributed by atoms with Crippen molar-refractivity contribution in [2.75, 3.05) is 5.32 Å². The molecule has 0 atom stereocenters. The first kappa shape index (κ1) is 10.7. The third kappa shape index (κ3) is 1.82. The van der Waals surface area contributed by atoms with Gasteiger partial charge < -0.3 is 5.32 Å². The van der Waals surface area contributed by atoms with E-state index in [1.807, 2.05) is 6.92 Å². The fourth-order valence-electron chi connectivity index (χ4n) is 1.34. The summed E-state index contributed by atoms with van der Waals surface area (Å²) >= 11 is 1.28. The predicted molar refractivity (Wildman–Crippen MR) is 53.2 cm³/mol. The minimum atomic E-state index is -4.18. The van der Waals surface area contributed by atoms with E-state index in [0.29, 0.717) is 5.13 Å². The molecule has 1 aliphatic rings. The fourth-order valence-corrected chi connectivity index (χ4v) is 2.25. The van der Waals surface area contributed by atoms with E-state index in [-0.39, 0.29) is 12.8 Å². The van der Waals surface area contributed by atoms with E-state index in [4.69, 9.17) is 0 Å². The van der Waals surface area contributed by atoms with Gasteiger partial charge in [-0.1, -0.05) is 0 Å². The zero-order valence-electron chi connectivity index (χ0n) is 8.40. The van der Waals surface area contributed by atoms with E-state index in [9.17, 15) is 13.2 Å². The van der Waals surface area contributed by atoms with E-state index >= 15 is 0 Å². The molecular formula is C9H11F3N2S. The number of halogens is 3. The van der Waals surface area contributed by atoms with Gasteiger partial charge in [0.2, 0.25) is 0 Å². The second kappa shape index (κ2) is 3.10. The molecule has 0 saturated heterocycles. The van der Waals surface area contributed by atoms with E-state index in [1.54, 1.807) is 6.92 Å². The van der Waals surface area contributed by atoms with Gasteiger partial charge in [0.15, 0.2) is 5.13 Å². The highest BCUT2D eigenvalue weighted by atomic mass is 32.1. The Balaban J connectivity index is 2.16. The molecule has 1 saturated carbocycles. The standard InChI is InChI=1S/C9H11F3N2S/c1-5-6(2)15-7(13-5)14-8(3-4-8)9(10,11)12/h3-4H2,1-2H3,(H,13,14). The Kier molecular flexibility index (Phi) is 2.22. The minimum absolute atomic E-state index is 0.147. The van der Waals surface area contributed by atoms with Gasteiger partial charge in [-0.15, -0.1) is 11.3 Å². The lowest BCUT2D eigenvalue weighted by atomic mass is 10.3. The van der Waals surface area contributed by atoms with Gasteiger partial charge in [0.25, 0.3) is 0 Å². The molecule has 15 heavy (non-hydrogen) atoms. The first-order chi connectivity index (χ1) is 6.84. The average molecular weight is 236 g/mol. The van der Waals surface area contributed by atoms with Gasteiger partial charge in [0.05, 0.1) is 5.69 Å². The lowest BCUT2D eigenvalue weighted by Crippen LogP contribution is -2.38. The van der Waals surface area contributed by atoms with Gasteiger partial charge in [-0.05, 0) is 26.7 Å². The van der Waals surface area contributed by atoms with Crippen molar-refractivity contribution < 1.29 is 13.2 Å². The molecule has 1 N–H and O–H groups in total. The highest BCUT2D eigenvalue weighted by Crippen LogP contribution is 2.51. The van der Waals surface area contributed by atoms with Gasteiger partial charge in [-0.3, -0.25) is 0 Å². The fraction of sp³-hybridized carbons (Fsp3) is 0.667. The zero-order valence-corrected chi connectivity index (χ0v) is 9.22. The van der Waals surface area contributed by atoms with Crippen LogP contribution in [-0.2, 0) is 0 Å². The molecule has 1 aliphatic carbocycles. The Morgan fingerprint density at radius 1 is 1.33 bits per heavy atom. The van der Waals surface area contributed by atoms with Crippen LogP contribution in [0, 0.1) is 13.8 Å². The van der Waals surface area contributed by atoms with Gasteiger partial charge in [-0.25, -0.2) is 4.98 Å². The van der Waals surface area contributed by atoms with Crippen LogP contribution in [0.2, 0.25) is 0 Å². The van der Waals surface area contributed by atoms with Crippen molar-refractivity contribution in [2.45, 2.75) is 38.4 Å². The molecule has 1 heterocycles. The van der Waals surface area contributed by atoms with Crippen molar-refractivity contribution >= 4 is 16.5 Å². The normalized spacial score (nSPS) is 19.0. The maximum atomic E-state index is 12.6. The molecule has 0 spiro atoms. The Morgan fingerprint density at radius 3 is 2.27 bits per heavy atom. The first-order valence-electron chi connectivity index (χ1n) is 4.63. The van der Waals surface area contributed by atoms with Crippen LogP contribution in [0.3, 0.4) is 0 Å². The van der Waals surface area contributed by atoms with E-state index in [0.717, 1.165) is 10.6 Å². The Hall–Kier alpha value is -0.780. The number of aryl methyl sites for hydroxylation is 2. The highest BCUT2D eigenvalue weighted by molar-refractivity contribution is 7.15. The largest absolute Gasteiger partial charge is 0.411 e. The molecule has 1 aromatic heterocycles. The Bertz CT molecular complexity index is 360. The predicted octanol–water partition coefficient (Wildman–Crippen LogP) is 3.27. The van der Waals surface area contributed by atoms with Crippen LogP contribution in [0.5, 0.6) is 0 Å². The second-order valence-corrected chi connectivity index (χ2v) is 5.07. The SMILES string of the molecule is Cc1nc(NC2(C(F)(F)F)CC2)sc1C. The molecule has 0 radical (unpaired) electrons. The van der Waals surface area contributed by atoms with Crippen LogP contribution >= 0.6 is 11.3 Å². The van der Waals surface area contributed by atoms with Gasteiger partial charge in [-0.2, -0.15) is 13.2 Å². The van der Waals surface area contributed by atoms with Crippen molar-refractivity contribution in [1.29, 1.82) is 0 Å². The van der Waals surface area contributed by atoms with Crippen molar-refractivity contribution in [3.63, 3.8) is 0 Å². The summed E-state index contributed by atoms with van der Waals surface area (Å²) in [5.74, 6) is 0. The summed E-state index contributed by atoms with van der Waals surface area (Å²) in [5.41, 5.74) is -0.913. The molecular weight excluding hydrogens is 225 g/mol. The molecule has 2 nitrogen and oxygen atoms in total. The highest BCUT2D eigenvalue weighted by Gasteiger charge is 2.63. The number of nitrogens with zero attached hydrogens (tertiary/aromatic N) is 1. The van der Waals surface area contributed by atoms with Crippen LogP contribution in [0.1, 0.15) is 23.4 Å². The number of nitrogens with one attached hydrogen (secondary N) is 1. The number of alkyl halides is 3. The van der Waals surface area contributed by atoms with Crippen LogP contribution in [0.15, 0.2) is 0 Å². The zero-order chi connectivity index (χ0) is 11.3. The van der Waals surface area contributed by atoms with Crippen molar-refractivity contribution in [2.24, 2.45) is 0 Å². The molecule has 1 fully saturated rings. The third-order valence-corrected chi connectivity index (χ3v) is 3.66. The summed E-state index contributed by atoms with van der Waals surface area (Å²) in [7, 11) is 0. The molecule has 0 bridgehead atoms. The van der Waals surface area contributed by atoms with Crippen LogP contribution in [-0.4, -0.2) is 16.7 Å². The Labute approximate surface area is 89.5 Å². The smallest absolute Gasteiger partial charge is 0.347 e. The average Bonchev–Trinajstić information content (AvgIpc) is 2.77. The number of anilines is 1. The lowest BCUT2D eigenvalue weighted by Gasteiger charge is -2.19. The summed E-state index contributed by atoms with van der Waals surface area (Å²) < 4.78 is 37.8. The number of hydrogen-bond donors (Lipinski definition) is 1. The molecule has 6 heteroatoms. The Morgan fingerprint density at radius 2 is 1.93 bits per heavy atom.